The number of pyridine rings is 1. The molecule has 3 heterocycles. The fourth-order valence-electron chi connectivity index (χ4n) is 3.16. The molecule has 1 atom stereocenters. The number of rotatable bonds is 3. The Labute approximate surface area is 133 Å². The van der Waals surface area contributed by atoms with Gasteiger partial charge in [0.2, 0.25) is 5.91 Å². The van der Waals surface area contributed by atoms with Crippen LogP contribution in [0, 0.1) is 5.92 Å². The highest BCUT2D eigenvalue weighted by atomic mass is 32.1. The second-order valence-electron chi connectivity index (χ2n) is 6.26. The van der Waals surface area contributed by atoms with Crippen molar-refractivity contribution >= 4 is 32.6 Å². The van der Waals surface area contributed by atoms with Crippen molar-refractivity contribution < 1.29 is 4.79 Å². The second kappa shape index (κ2) is 5.83. The van der Waals surface area contributed by atoms with Gasteiger partial charge in [-0.3, -0.25) is 9.78 Å². The van der Waals surface area contributed by atoms with Crippen LogP contribution < -0.4 is 10.2 Å². The highest BCUT2D eigenvalue weighted by Crippen LogP contribution is 2.30. The molecule has 1 aliphatic carbocycles. The van der Waals surface area contributed by atoms with Crippen LogP contribution in [0.1, 0.15) is 32.1 Å². The molecule has 1 aliphatic heterocycles. The van der Waals surface area contributed by atoms with Gasteiger partial charge in [-0.15, -0.1) is 0 Å². The molecule has 22 heavy (non-hydrogen) atoms. The summed E-state index contributed by atoms with van der Waals surface area (Å²) in [7, 11) is 0. The lowest BCUT2D eigenvalue weighted by Crippen LogP contribution is -2.50. The normalized spacial score (nSPS) is 22.5. The van der Waals surface area contributed by atoms with Crippen molar-refractivity contribution in [2.45, 2.75) is 38.1 Å². The average Bonchev–Trinajstić information content (AvgIpc) is 2.89. The molecule has 0 aromatic carbocycles. The van der Waals surface area contributed by atoms with Crippen molar-refractivity contribution in [1.82, 2.24) is 15.3 Å². The Balaban J connectivity index is 1.44. The molecular formula is C16H20N4OS. The zero-order valence-corrected chi connectivity index (χ0v) is 13.3. The van der Waals surface area contributed by atoms with Gasteiger partial charge < -0.3 is 10.2 Å². The molecule has 1 amide bonds. The molecule has 5 nitrogen and oxygen atoms in total. The number of anilines is 1. The smallest absolute Gasteiger partial charge is 0.223 e. The molecule has 2 fully saturated rings. The largest absolute Gasteiger partial charge is 0.351 e. The van der Waals surface area contributed by atoms with E-state index in [9.17, 15) is 4.79 Å². The summed E-state index contributed by atoms with van der Waals surface area (Å²) < 4.78 is 1.17. The fraction of sp³-hybridized carbons (Fsp3) is 0.562. The molecule has 1 N–H and O–H groups in total. The standard InChI is InChI=1S/C16H20N4OS/c21-15(11-3-1-4-11)18-12-5-2-8-20(10-12)16-19-13-9-17-7-6-14(13)22-16/h6-7,9,11-12H,1-5,8,10H2,(H,18,21). The summed E-state index contributed by atoms with van der Waals surface area (Å²) in [6, 6.07) is 2.27. The molecule has 2 aliphatic rings. The van der Waals surface area contributed by atoms with Crippen LogP contribution in [0.15, 0.2) is 18.5 Å². The molecule has 1 unspecified atom stereocenters. The van der Waals surface area contributed by atoms with Gasteiger partial charge in [-0.2, -0.15) is 0 Å². The van der Waals surface area contributed by atoms with Gasteiger partial charge in [0, 0.05) is 31.2 Å². The third-order valence-electron chi connectivity index (χ3n) is 4.69. The number of nitrogens with one attached hydrogen (secondary N) is 1. The van der Waals surface area contributed by atoms with Crippen LogP contribution >= 0.6 is 11.3 Å². The number of aromatic nitrogens is 2. The van der Waals surface area contributed by atoms with Gasteiger partial charge in [-0.25, -0.2) is 4.98 Å². The number of thiazole rings is 1. The zero-order chi connectivity index (χ0) is 14.9. The molecule has 116 valence electrons. The highest BCUT2D eigenvalue weighted by Gasteiger charge is 2.29. The molecule has 1 saturated heterocycles. The lowest BCUT2D eigenvalue weighted by Gasteiger charge is -2.34. The predicted molar refractivity (Wildman–Crippen MR) is 88.1 cm³/mol. The SMILES string of the molecule is O=C(NC1CCCN(c2nc3cnccc3s2)C1)C1CCC1. The predicted octanol–water partition coefficient (Wildman–Crippen LogP) is 2.58. The number of hydrogen-bond donors (Lipinski definition) is 1. The van der Waals surface area contributed by atoms with E-state index in [-0.39, 0.29) is 17.9 Å². The van der Waals surface area contributed by atoms with Crippen molar-refractivity contribution in [3.8, 4) is 0 Å². The van der Waals surface area contributed by atoms with E-state index in [1.165, 1.54) is 11.1 Å². The number of fused-ring (bicyclic) bond motifs is 1. The Kier molecular flexibility index (Phi) is 3.70. The van der Waals surface area contributed by atoms with Crippen LogP contribution in [0.3, 0.4) is 0 Å². The van der Waals surface area contributed by atoms with Crippen LogP contribution in [0.5, 0.6) is 0 Å². The maximum Gasteiger partial charge on any atom is 0.223 e. The van der Waals surface area contributed by atoms with Crippen LogP contribution in [0.4, 0.5) is 5.13 Å². The van der Waals surface area contributed by atoms with E-state index in [1.54, 1.807) is 11.3 Å². The Bertz CT molecular complexity index is 649. The topological polar surface area (TPSA) is 58.1 Å². The molecular weight excluding hydrogens is 296 g/mol. The van der Waals surface area contributed by atoms with Gasteiger partial charge in [-0.1, -0.05) is 17.8 Å². The lowest BCUT2D eigenvalue weighted by atomic mass is 9.84. The first-order chi connectivity index (χ1) is 10.8. The lowest BCUT2D eigenvalue weighted by molar-refractivity contribution is -0.128. The molecule has 0 spiro atoms. The van der Waals surface area contributed by atoms with Crippen molar-refractivity contribution in [2.75, 3.05) is 18.0 Å². The van der Waals surface area contributed by atoms with E-state index in [4.69, 9.17) is 0 Å². The molecule has 2 aromatic heterocycles. The number of carbonyl (C=O) groups excluding carboxylic acids is 1. The summed E-state index contributed by atoms with van der Waals surface area (Å²) >= 11 is 1.71. The van der Waals surface area contributed by atoms with E-state index in [0.717, 1.165) is 49.4 Å². The molecule has 6 heteroatoms. The zero-order valence-electron chi connectivity index (χ0n) is 12.5. The summed E-state index contributed by atoms with van der Waals surface area (Å²) in [5.41, 5.74) is 0.961. The van der Waals surface area contributed by atoms with Crippen molar-refractivity contribution in [2.24, 2.45) is 5.92 Å². The van der Waals surface area contributed by atoms with Gasteiger partial charge in [0.05, 0.1) is 10.9 Å². The maximum absolute atomic E-state index is 12.1. The maximum atomic E-state index is 12.1. The Morgan fingerprint density at radius 1 is 1.32 bits per heavy atom. The second-order valence-corrected chi connectivity index (χ2v) is 7.27. The van der Waals surface area contributed by atoms with E-state index >= 15 is 0 Å². The fourth-order valence-corrected chi connectivity index (χ4v) is 4.13. The van der Waals surface area contributed by atoms with Gasteiger partial charge in [-0.05, 0) is 31.7 Å². The molecule has 0 bridgehead atoms. The van der Waals surface area contributed by atoms with Crippen molar-refractivity contribution in [1.29, 1.82) is 0 Å². The Morgan fingerprint density at radius 2 is 2.23 bits per heavy atom. The van der Waals surface area contributed by atoms with Gasteiger partial charge in [0.15, 0.2) is 5.13 Å². The van der Waals surface area contributed by atoms with Crippen molar-refractivity contribution in [3.05, 3.63) is 18.5 Å². The monoisotopic (exact) mass is 316 g/mol. The van der Waals surface area contributed by atoms with Crippen molar-refractivity contribution in [3.63, 3.8) is 0 Å². The molecule has 1 saturated carbocycles. The molecule has 0 radical (unpaired) electrons. The van der Waals surface area contributed by atoms with E-state index in [0.29, 0.717) is 0 Å². The van der Waals surface area contributed by atoms with E-state index in [1.807, 2.05) is 18.5 Å². The molecule has 2 aromatic rings. The summed E-state index contributed by atoms with van der Waals surface area (Å²) in [5.74, 6) is 0.524. The quantitative estimate of drug-likeness (QED) is 0.945. The number of hydrogen-bond acceptors (Lipinski definition) is 5. The first kappa shape index (κ1) is 13.9. The summed E-state index contributed by atoms with van der Waals surface area (Å²) in [5, 5.41) is 4.29. The average molecular weight is 316 g/mol. The number of amides is 1. The minimum Gasteiger partial charge on any atom is -0.351 e. The Hall–Kier alpha value is -1.69. The van der Waals surface area contributed by atoms with E-state index in [2.05, 4.69) is 20.2 Å². The number of piperidine rings is 1. The third kappa shape index (κ3) is 2.67. The van der Waals surface area contributed by atoms with Crippen LogP contribution in [-0.4, -0.2) is 35.0 Å². The molecule has 4 rings (SSSR count). The minimum atomic E-state index is 0.256. The van der Waals surface area contributed by atoms with Gasteiger partial charge in [0.25, 0.3) is 0 Å². The van der Waals surface area contributed by atoms with Crippen LogP contribution in [0.2, 0.25) is 0 Å². The highest BCUT2D eigenvalue weighted by molar-refractivity contribution is 7.22. The van der Waals surface area contributed by atoms with Crippen LogP contribution in [-0.2, 0) is 4.79 Å². The summed E-state index contributed by atoms with van der Waals surface area (Å²) in [4.78, 5) is 23.2. The summed E-state index contributed by atoms with van der Waals surface area (Å²) in [6.07, 6.45) is 9.12. The number of nitrogens with zero attached hydrogens (tertiary/aromatic N) is 3. The third-order valence-corrected chi connectivity index (χ3v) is 5.79. The van der Waals surface area contributed by atoms with Crippen LogP contribution in [0.25, 0.3) is 10.2 Å². The first-order valence-corrected chi connectivity index (χ1v) is 8.87. The van der Waals surface area contributed by atoms with Gasteiger partial charge >= 0.3 is 0 Å². The first-order valence-electron chi connectivity index (χ1n) is 8.05. The van der Waals surface area contributed by atoms with E-state index < -0.39 is 0 Å². The minimum absolute atomic E-state index is 0.256. The summed E-state index contributed by atoms with van der Waals surface area (Å²) in [6.45, 7) is 1.88. The Morgan fingerprint density at radius 3 is 3.00 bits per heavy atom. The van der Waals surface area contributed by atoms with Gasteiger partial charge in [0.1, 0.15) is 5.52 Å². The number of carbonyl (C=O) groups is 1.